The van der Waals surface area contributed by atoms with Gasteiger partial charge in [-0.05, 0) is 75.3 Å². The normalized spacial score (nSPS) is 17.9. The monoisotopic (exact) mass is 270 g/mol. The van der Waals surface area contributed by atoms with Crippen molar-refractivity contribution in [2.24, 2.45) is 4.99 Å². The van der Waals surface area contributed by atoms with Crippen LogP contribution in [0.5, 0.6) is 0 Å². The molecule has 1 aromatic heterocycles. The Morgan fingerprint density at radius 3 is 2.15 bits per heavy atom. The molecule has 0 saturated heterocycles. The highest BCUT2D eigenvalue weighted by Gasteiger charge is 2.20. The van der Waals surface area contributed by atoms with Crippen molar-refractivity contribution in [1.29, 1.82) is 0 Å². The summed E-state index contributed by atoms with van der Waals surface area (Å²) in [5, 5.41) is 0. The van der Waals surface area contributed by atoms with Crippen LogP contribution in [-0.4, -0.2) is 10.7 Å². The molecule has 0 unspecified atom stereocenters. The molecule has 0 spiro atoms. The first kappa shape index (κ1) is 14.8. The van der Waals surface area contributed by atoms with Crippen molar-refractivity contribution in [2.45, 2.75) is 61.3 Å². The van der Waals surface area contributed by atoms with Crippen LogP contribution in [0.3, 0.4) is 0 Å². The maximum Gasteiger partial charge on any atom is 0.0715 e. The quantitative estimate of drug-likeness (QED) is 0.789. The number of allylic oxidation sites excluding steroid dienone is 3. The molecule has 0 radical (unpaired) electrons. The molecular weight excluding hydrogens is 244 g/mol. The number of aliphatic imine (C=N–C) groups is 1. The van der Waals surface area contributed by atoms with Crippen LogP contribution in [0.1, 0.15) is 63.6 Å². The Morgan fingerprint density at radius 2 is 1.70 bits per heavy atom. The zero-order chi connectivity index (χ0) is 15.0. The number of aryl methyl sites for hydroxylation is 1. The number of hydrogen-bond acceptors (Lipinski definition) is 1. The van der Waals surface area contributed by atoms with Gasteiger partial charge in [0.25, 0.3) is 0 Å². The highest BCUT2D eigenvalue weighted by atomic mass is 14.8. The van der Waals surface area contributed by atoms with Crippen molar-refractivity contribution in [1.82, 2.24) is 4.98 Å². The standard InChI is InChI=1S/C18H26N2/c1-8-15-10(3)17(19-13(15)6)12(5)18-11(4)16(9-2)14(7)20-18/h19H,8-9H2,1-7H3/b18-12-. The highest BCUT2D eigenvalue weighted by Crippen LogP contribution is 2.34. The Bertz CT molecular complexity index is 637. The van der Waals surface area contributed by atoms with E-state index in [4.69, 9.17) is 4.99 Å². The van der Waals surface area contributed by atoms with E-state index in [0.29, 0.717) is 0 Å². The van der Waals surface area contributed by atoms with Gasteiger partial charge in [-0.2, -0.15) is 0 Å². The molecule has 0 saturated carbocycles. The maximum absolute atomic E-state index is 4.81. The summed E-state index contributed by atoms with van der Waals surface area (Å²) in [6, 6.07) is 0. The van der Waals surface area contributed by atoms with Crippen LogP contribution in [0.25, 0.3) is 5.57 Å². The molecular formula is C18H26N2. The fourth-order valence-corrected chi connectivity index (χ4v) is 3.43. The summed E-state index contributed by atoms with van der Waals surface area (Å²) in [6.07, 6.45) is 2.13. The minimum Gasteiger partial charge on any atom is -0.358 e. The second-order valence-electron chi connectivity index (χ2n) is 5.71. The molecule has 1 aliphatic heterocycles. The first-order chi connectivity index (χ1) is 9.42. The van der Waals surface area contributed by atoms with Crippen molar-refractivity contribution < 1.29 is 0 Å². The maximum atomic E-state index is 4.81. The van der Waals surface area contributed by atoms with Crippen molar-refractivity contribution in [3.63, 3.8) is 0 Å². The fourth-order valence-electron chi connectivity index (χ4n) is 3.43. The molecule has 0 aromatic carbocycles. The van der Waals surface area contributed by atoms with Crippen molar-refractivity contribution in [3.8, 4) is 0 Å². The smallest absolute Gasteiger partial charge is 0.0715 e. The van der Waals surface area contributed by atoms with Crippen molar-refractivity contribution in [2.75, 3.05) is 0 Å². The second-order valence-corrected chi connectivity index (χ2v) is 5.71. The van der Waals surface area contributed by atoms with Crippen LogP contribution in [0.4, 0.5) is 0 Å². The van der Waals surface area contributed by atoms with Gasteiger partial charge in [0.1, 0.15) is 0 Å². The third-order valence-corrected chi connectivity index (χ3v) is 4.55. The summed E-state index contributed by atoms with van der Waals surface area (Å²) in [5.41, 5.74) is 11.7. The molecule has 0 aliphatic carbocycles. The molecule has 108 valence electrons. The van der Waals surface area contributed by atoms with Crippen LogP contribution in [-0.2, 0) is 6.42 Å². The van der Waals surface area contributed by atoms with Crippen LogP contribution >= 0.6 is 0 Å². The van der Waals surface area contributed by atoms with E-state index in [2.05, 4.69) is 53.5 Å². The van der Waals surface area contributed by atoms with E-state index in [-0.39, 0.29) is 0 Å². The van der Waals surface area contributed by atoms with E-state index in [0.717, 1.165) is 18.5 Å². The molecule has 2 heterocycles. The average Bonchev–Trinajstić information content (AvgIpc) is 2.85. The first-order valence-corrected chi connectivity index (χ1v) is 7.57. The Labute approximate surface area is 122 Å². The Hall–Kier alpha value is -1.57. The Kier molecular flexibility index (Phi) is 4.03. The van der Waals surface area contributed by atoms with E-state index >= 15 is 0 Å². The van der Waals surface area contributed by atoms with Gasteiger partial charge in [0.15, 0.2) is 0 Å². The Morgan fingerprint density at radius 1 is 1.05 bits per heavy atom. The predicted molar refractivity (Wildman–Crippen MR) is 88.3 cm³/mol. The summed E-state index contributed by atoms with van der Waals surface area (Å²) in [5.74, 6) is 0. The van der Waals surface area contributed by atoms with Gasteiger partial charge in [0.2, 0.25) is 0 Å². The minimum atomic E-state index is 1.06. The molecule has 1 N–H and O–H groups in total. The van der Waals surface area contributed by atoms with Gasteiger partial charge < -0.3 is 4.98 Å². The number of aromatic nitrogens is 1. The SMILES string of the molecule is CCC1=C(C)/C(=C(\C)c2[nH]c(C)c(CC)c2C)N=C1C. The largest absolute Gasteiger partial charge is 0.358 e. The number of aromatic amines is 1. The summed E-state index contributed by atoms with van der Waals surface area (Å²) in [6.45, 7) is 15.3. The summed E-state index contributed by atoms with van der Waals surface area (Å²) < 4.78 is 0. The molecule has 2 nitrogen and oxygen atoms in total. The molecule has 1 aromatic rings. The number of nitrogens with zero attached hydrogens (tertiary/aromatic N) is 1. The number of nitrogens with one attached hydrogen (secondary N) is 1. The van der Waals surface area contributed by atoms with Gasteiger partial charge in [0, 0.05) is 17.1 Å². The van der Waals surface area contributed by atoms with E-state index in [9.17, 15) is 0 Å². The van der Waals surface area contributed by atoms with Gasteiger partial charge >= 0.3 is 0 Å². The third kappa shape index (κ3) is 2.17. The molecule has 0 bridgehead atoms. The van der Waals surface area contributed by atoms with Gasteiger partial charge in [-0.15, -0.1) is 0 Å². The lowest BCUT2D eigenvalue weighted by atomic mass is 9.99. The third-order valence-electron chi connectivity index (χ3n) is 4.55. The molecule has 0 amide bonds. The van der Waals surface area contributed by atoms with Crippen LogP contribution in [0.15, 0.2) is 21.8 Å². The van der Waals surface area contributed by atoms with E-state index in [1.807, 2.05) is 0 Å². The van der Waals surface area contributed by atoms with E-state index in [1.54, 1.807) is 0 Å². The topological polar surface area (TPSA) is 28.1 Å². The van der Waals surface area contributed by atoms with Gasteiger partial charge in [0.05, 0.1) is 5.70 Å². The van der Waals surface area contributed by atoms with Crippen LogP contribution < -0.4 is 0 Å². The molecule has 2 rings (SSSR count). The zero-order valence-electron chi connectivity index (χ0n) is 13.9. The van der Waals surface area contributed by atoms with Crippen molar-refractivity contribution >= 4 is 11.3 Å². The lowest BCUT2D eigenvalue weighted by Gasteiger charge is -2.07. The lowest BCUT2D eigenvalue weighted by molar-refractivity contribution is 1.08. The molecule has 2 heteroatoms. The fraction of sp³-hybridized carbons (Fsp3) is 0.500. The van der Waals surface area contributed by atoms with Gasteiger partial charge in [-0.1, -0.05) is 13.8 Å². The number of rotatable bonds is 3. The molecule has 1 aliphatic rings. The Balaban J connectivity index is 2.60. The molecule has 20 heavy (non-hydrogen) atoms. The average molecular weight is 270 g/mol. The van der Waals surface area contributed by atoms with Crippen molar-refractivity contribution in [3.05, 3.63) is 39.4 Å². The second kappa shape index (κ2) is 5.43. The van der Waals surface area contributed by atoms with E-state index < -0.39 is 0 Å². The first-order valence-electron chi connectivity index (χ1n) is 7.57. The predicted octanol–water partition coefficient (Wildman–Crippen LogP) is 5.13. The number of H-pyrrole nitrogens is 1. The van der Waals surface area contributed by atoms with Gasteiger partial charge in [-0.3, -0.25) is 4.99 Å². The van der Waals surface area contributed by atoms with E-state index in [1.165, 1.54) is 44.9 Å². The van der Waals surface area contributed by atoms with Crippen LogP contribution in [0.2, 0.25) is 0 Å². The molecule has 0 fully saturated rings. The van der Waals surface area contributed by atoms with Crippen LogP contribution in [0, 0.1) is 13.8 Å². The summed E-state index contributed by atoms with van der Waals surface area (Å²) >= 11 is 0. The lowest BCUT2D eigenvalue weighted by Crippen LogP contribution is -1.92. The number of hydrogen-bond donors (Lipinski definition) is 1. The minimum absolute atomic E-state index is 1.06. The van der Waals surface area contributed by atoms with Gasteiger partial charge in [-0.25, -0.2) is 0 Å². The molecule has 0 atom stereocenters. The highest BCUT2D eigenvalue weighted by molar-refractivity contribution is 6.04. The zero-order valence-corrected chi connectivity index (χ0v) is 13.9. The summed E-state index contributed by atoms with van der Waals surface area (Å²) in [4.78, 5) is 8.37. The summed E-state index contributed by atoms with van der Waals surface area (Å²) in [7, 11) is 0.